The highest BCUT2D eigenvalue weighted by Crippen LogP contribution is 2.25. The zero-order valence-electron chi connectivity index (χ0n) is 12.3. The van der Waals surface area contributed by atoms with Crippen LogP contribution < -0.4 is 14.8 Å². The summed E-state index contributed by atoms with van der Waals surface area (Å²) in [6.45, 7) is 4.84. The van der Waals surface area contributed by atoms with Crippen molar-refractivity contribution >= 4 is 11.6 Å². The summed E-state index contributed by atoms with van der Waals surface area (Å²) in [5.41, 5.74) is 1.21. The first kappa shape index (κ1) is 14.9. The zero-order valence-corrected chi connectivity index (χ0v) is 12.3. The number of hydrogen-bond acceptors (Lipinski definition) is 3. The maximum atomic E-state index is 12.4. The maximum Gasteiger partial charge on any atom is 0.259 e. The molecule has 0 spiro atoms. The van der Waals surface area contributed by atoms with E-state index in [9.17, 15) is 4.79 Å². The maximum absolute atomic E-state index is 12.4. The van der Waals surface area contributed by atoms with Gasteiger partial charge in [0.1, 0.15) is 11.5 Å². The number of carbonyl (C=O) groups is 1. The summed E-state index contributed by atoms with van der Waals surface area (Å²) in [5, 5.41) is 2.85. The SMILES string of the molecule is CCOc1ccc(OCC)c(C(=O)Nc2ccccc2)c1. The van der Waals surface area contributed by atoms with Crippen molar-refractivity contribution < 1.29 is 14.3 Å². The molecule has 0 aromatic heterocycles. The third kappa shape index (κ3) is 3.99. The van der Waals surface area contributed by atoms with Gasteiger partial charge in [-0.05, 0) is 44.2 Å². The monoisotopic (exact) mass is 285 g/mol. The standard InChI is InChI=1S/C17H19NO3/c1-3-20-14-10-11-16(21-4-2)15(12-14)17(19)18-13-8-6-5-7-9-13/h5-12H,3-4H2,1-2H3,(H,18,19). The molecule has 0 aliphatic rings. The van der Waals surface area contributed by atoms with E-state index in [1.807, 2.05) is 44.2 Å². The third-order valence-corrected chi connectivity index (χ3v) is 2.84. The molecular formula is C17H19NO3. The van der Waals surface area contributed by atoms with E-state index in [-0.39, 0.29) is 5.91 Å². The summed E-state index contributed by atoms with van der Waals surface area (Å²) in [5.74, 6) is 0.986. The molecule has 0 aliphatic carbocycles. The molecule has 0 fully saturated rings. The summed E-state index contributed by atoms with van der Waals surface area (Å²) in [6.07, 6.45) is 0. The Kier molecular flexibility index (Phi) is 5.21. The van der Waals surface area contributed by atoms with Crippen molar-refractivity contribution in [3.63, 3.8) is 0 Å². The number of nitrogens with one attached hydrogen (secondary N) is 1. The van der Waals surface area contributed by atoms with Gasteiger partial charge >= 0.3 is 0 Å². The molecule has 21 heavy (non-hydrogen) atoms. The summed E-state index contributed by atoms with van der Waals surface area (Å²) in [7, 11) is 0. The molecule has 4 nitrogen and oxygen atoms in total. The van der Waals surface area contributed by atoms with Crippen LogP contribution in [0.25, 0.3) is 0 Å². The highest BCUT2D eigenvalue weighted by molar-refractivity contribution is 6.06. The number of anilines is 1. The second-order valence-electron chi connectivity index (χ2n) is 4.34. The van der Waals surface area contributed by atoms with Crippen molar-refractivity contribution in [1.29, 1.82) is 0 Å². The van der Waals surface area contributed by atoms with Crippen LogP contribution in [0, 0.1) is 0 Å². The second kappa shape index (κ2) is 7.33. The first-order valence-corrected chi connectivity index (χ1v) is 7.00. The molecule has 0 radical (unpaired) electrons. The second-order valence-corrected chi connectivity index (χ2v) is 4.34. The Morgan fingerprint density at radius 1 is 1.00 bits per heavy atom. The molecule has 0 unspecified atom stereocenters. The van der Waals surface area contributed by atoms with Gasteiger partial charge in [0.25, 0.3) is 5.91 Å². The molecule has 1 amide bonds. The molecule has 0 heterocycles. The van der Waals surface area contributed by atoms with E-state index < -0.39 is 0 Å². The van der Waals surface area contributed by atoms with Gasteiger partial charge in [-0.3, -0.25) is 4.79 Å². The molecule has 110 valence electrons. The minimum Gasteiger partial charge on any atom is -0.494 e. The summed E-state index contributed by atoms with van der Waals surface area (Å²) < 4.78 is 11.0. The molecule has 0 saturated heterocycles. The first-order chi connectivity index (χ1) is 10.2. The quantitative estimate of drug-likeness (QED) is 0.879. The van der Waals surface area contributed by atoms with Crippen molar-refractivity contribution in [2.45, 2.75) is 13.8 Å². The average Bonchev–Trinajstić information content (AvgIpc) is 2.50. The van der Waals surface area contributed by atoms with Crippen molar-refractivity contribution in [3.05, 3.63) is 54.1 Å². The van der Waals surface area contributed by atoms with Crippen LogP contribution in [0.5, 0.6) is 11.5 Å². The van der Waals surface area contributed by atoms with Gasteiger partial charge in [0.05, 0.1) is 18.8 Å². The van der Waals surface area contributed by atoms with Gasteiger partial charge in [0, 0.05) is 5.69 Å². The van der Waals surface area contributed by atoms with Gasteiger partial charge in [-0.15, -0.1) is 0 Å². The van der Waals surface area contributed by atoms with Gasteiger partial charge in [-0.2, -0.15) is 0 Å². The number of rotatable bonds is 6. The Labute approximate surface area is 124 Å². The minimum absolute atomic E-state index is 0.216. The lowest BCUT2D eigenvalue weighted by Crippen LogP contribution is -2.14. The van der Waals surface area contributed by atoms with Crippen LogP contribution in [0.4, 0.5) is 5.69 Å². The molecule has 2 aromatic carbocycles. The predicted molar refractivity (Wildman–Crippen MR) is 83.2 cm³/mol. The Morgan fingerprint density at radius 3 is 2.38 bits per heavy atom. The molecule has 2 rings (SSSR count). The minimum atomic E-state index is -0.216. The lowest BCUT2D eigenvalue weighted by atomic mass is 10.1. The van der Waals surface area contributed by atoms with E-state index in [2.05, 4.69) is 5.32 Å². The van der Waals surface area contributed by atoms with Crippen molar-refractivity contribution in [3.8, 4) is 11.5 Å². The number of amides is 1. The van der Waals surface area contributed by atoms with E-state index >= 15 is 0 Å². The van der Waals surface area contributed by atoms with Crippen LogP contribution >= 0.6 is 0 Å². The molecule has 2 aromatic rings. The molecular weight excluding hydrogens is 266 g/mol. The predicted octanol–water partition coefficient (Wildman–Crippen LogP) is 3.74. The van der Waals surface area contributed by atoms with Gasteiger partial charge in [-0.1, -0.05) is 18.2 Å². The highest BCUT2D eigenvalue weighted by Gasteiger charge is 2.14. The first-order valence-electron chi connectivity index (χ1n) is 7.00. The third-order valence-electron chi connectivity index (χ3n) is 2.84. The summed E-state index contributed by atoms with van der Waals surface area (Å²) >= 11 is 0. The van der Waals surface area contributed by atoms with Crippen LogP contribution in [-0.4, -0.2) is 19.1 Å². The molecule has 0 saturated carbocycles. The Bertz CT molecular complexity index is 596. The highest BCUT2D eigenvalue weighted by atomic mass is 16.5. The van der Waals surface area contributed by atoms with Gasteiger partial charge in [0.15, 0.2) is 0 Å². The fraction of sp³-hybridized carbons (Fsp3) is 0.235. The number of carbonyl (C=O) groups excluding carboxylic acids is 1. The lowest BCUT2D eigenvalue weighted by molar-refractivity contribution is 0.102. The number of hydrogen-bond donors (Lipinski definition) is 1. The van der Waals surface area contributed by atoms with E-state index in [0.29, 0.717) is 30.3 Å². The molecule has 4 heteroatoms. The Morgan fingerprint density at radius 2 is 1.71 bits per heavy atom. The van der Waals surface area contributed by atoms with Crippen molar-refractivity contribution in [1.82, 2.24) is 0 Å². The summed E-state index contributed by atoms with van der Waals surface area (Å²) in [4.78, 5) is 12.4. The summed E-state index contributed by atoms with van der Waals surface area (Å²) in [6, 6.07) is 14.6. The average molecular weight is 285 g/mol. The van der Waals surface area contributed by atoms with Crippen LogP contribution in [0.2, 0.25) is 0 Å². The zero-order chi connectivity index (χ0) is 15.1. The van der Waals surface area contributed by atoms with Crippen molar-refractivity contribution in [2.24, 2.45) is 0 Å². The topological polar surface area (TPSA) is 47.6 Å². The van der Waals surface area contributed by atoms with Gasteiger partial charge < -0.3 is 14.8 Å². The molecule has 0 atom stereocenters. The van der Waals surface area contributed by atoms with Crippen LogP contribution in [0.15, 0.2) is 48.5 Å². The normalized spacial score (nSPS) is 10.0. The Balaban J connectivity index is 2.26. The van der Waals surface area contributed by atoms with Crippen LogP contribution in [0.3, 0.4) is 0 Å². The molecule has 0 bridgehead atoms. The fourth-order valence-electron chi connectivity index (χ4n) is 1.94. The fourth-order valence-corrected chi connectivity index (χ4v) is 1.94. The van der Waals surface area contributed by atoms with Gasteiger partial charge in [-0.25, -0.2) is 0 Å². The van der Waals surface area contributed by atoms with E-state index in [1.54, 1.807) is 18.2 Å². The number of benzene rings is 2. The van der Waals surface area contributed by atoms with Crippen molar-refractivity contribution in [2.75, 3.05) is 18.5 Å². The van der Waals surface area contributed by atoms with Crippen LogP contribution in [-0.2, 0) is 0 Å². The molecule has 0 aliphatic heterocycles. The number of ether oxygens (including phenoxy) is 2. The van der Waals surface area contributed by atoms with E-state index in [0.717, 1.165) is 5.69 Å². The lowest BCUT2D eigenvalue weighted by Gasteiger charge is -2.12. The Hall–Kier alpha value is -2.49. The number of para-hydroxylation sites is 1. The van der Waals surface area contributed by atoms with Gasteiger partial charge in [0.2, 0.25) is 0 Å². The van der Waals surface area contributed by atoms with E-state index in [1.165, 1.54) is 0 Å². The molecule has 1 N–H and O–H groups in total. The smallest absolute Gasteiger partial charge is 0.259 e. The largest absolute Gasteiger partial charge is 0.494 e. The van der Waals surface area contributed by atoms with E-state index in [4.69, 9.17) is 9.47 Å². The van der Waals surface area contributed by atoms with Crippen LogP contribution in [0.1, 0.15) is 24.2 Å².